The van der Waals surface area contributed by atoms with Crippen LogP contribution in [0, 0.1) is 0 Å². The molecule has 5 nitrogen and oxygen atoms in total. The summed E-state index contributed by atoms with van der Waals surface area (Å²) in [6.45, 7) is 8.12. The molecule has 128 valence electrons. The van der Waals surface area contributed by atoms with Crippen molar-refractivity contribution in [3.05, 3.63) is 35.9 Å². The number of aliphatic hydroxyl groups excluding tert-OH is 2. The molecule has 2 N–H and O–H groups in total. The molecule has 1 heterocycles. The first-order valence-electron chi connectivity index (χ1n) is 7.93. The minimum absolute atomic E-state index is 0.0148. The minimum Gasteiger partial charge on any atom is -0.491 e. The molecular formula is C17H25ClN2O3. The van der Waals surface area contributed by atoms with E-state index in [1.165, 1.54) is 0 Å². The Morgan fingerprint density at radius 1 is 1.30 bits per heavy atom. The van der Waals surface area contributed by atoms with Gasteiger partial charge in [-0.15, -0.1) is 6.58 Å². The van der Waals surface area contributed by atoms with Crippen LogP contribution in [0.3, 0.4) is 0 Å². The molecule has 1 saturated heterocycles. The maximum Gasteiger partial charge on any atom is 0.121 e. The van der Waals surface area contributed by atoms with Gasteiger partial charge in [0.15, 0.2) is 0 Å². The minimum atomic E-state index is -0.342. The smallest absolute Gasteiger partial charge is 0.121 e. The van der Waals surface area contributed by atoms with Gasteiger partial charge in [0.1, 0.15) is 12.4 Å². The summed E-state index contributed by atoms with van der Waals surface area (Å²) in [5, 5.41) is 19.3. The molecule has 0 aliphatic carbocycles. The quantitative estimate of drug-likeness (QED) is 0.706. The summed E-state index contributed by atoms with van der Waals surface area (Å²) < 4.78 is 5.37. The number of rotatable bonds is 8. The van der Waals surface area contributed by atoms with Crippen LogP contribution in [0.2, 0.25) is 5.02 Å². The molecule has 1 aliphatic rings. The molecule has 1 fully saturated rings. The Labute approximate surface area is 142 Å². The van der Waals surface area contributed by atoms with Crippen LogP contribution in [-0.4, -0.2) is 67.2 Å². The second-order valence-corrected chi connectivity index (χ2v) is 6.06. The molecule has 0 aromatic heterocycles. The molecule has 23 heavy (non-hydrogen) atoms. The summed E-state index contributed by atoms with van der Waals surface area (Å²) in [5.41, 5.74) is 0.995. The third kappa shape index (κ3) is 5.39. The number of benzene rings is 1. The Morgan fingerprint density at radius 2 is 2.04 bits per heavy atom. The molecule has 0 spiro atoms. The molecule has 1 aliphatic heterocycles. The van der Waals surface area contributed by atoms with Crippen molar-refractivity contribution in [2.45, 2.75) is 12.5 Å². The van der Waals surface area contributed by atoms with Gasteiger partial charge in [-0.05, 0) is 18.6 Å². The zero-order valence-electron chi connectivity index (χ0n) is 13.3. The lowest BCUT2D eigenvalue weighted by Gasteiger charge is -2.37. The fourth-order valence-corrected chi connectivity index (χ4v) is 3.02. The summed E-state index contributed by atoms with van der Waals surface area (Å²) in [7, 11) is 0. The largest absolute Gasteiger partial charge is 0.491 e. The molecule has 0 radical (unpaired) electrons. The van der Waals surface area contributed by atoms with Gasteiger partial charge in [0.05, 0.1) is 23.4 Å². The van der Waals surface area contributed by atoms with Crippen LogP contribution in [0.15, 0.2) is 30.9 Å². The van der Waals surface area contributed by atoms with Crippen molar-refractivity contribution in [3.8, 4) is 5.75 Å². The van der Waals surface area contributed by atoms with Crippen molar-refractivity contribution in [2.24, 2.45) is 0 Å². The summed E-state index contributed by atoms with van der Waals surface area (Å²) >= 11 is 6.35. The number of hydrogen-bond acceptors (Lipinski definition) is 5. The zero-order chi connectivity index (χ0) is 16.7. The Morgan fingerprint density at radius 3 is 2.65 bits per heavy atom. The zero-order valence-corrected chi connectivity index (χ0v) is 14.1. The molecule has 1 aromatic carbocycles. The monoisotopic (exact) mass is 340 g/mol. The number of nitrogens with zero attached hydrogens (tertiary/aromatic N) is 2. The van der Waals surface area contributed by atoms with E-state index >= 15 is 0 Å². The molecule has 1 unspecified atom stereocenters. The summed E-state index contributed by atoms with van der Waals surface area (Å²) in [4.78, 5) is 4.51. The van der Waals surface area contributed by atoms with Gasteiger partial charge >= 0.3 is 0 Å². The average Bonchev–Trinajstić information content (AvgIpc) is 2.54. The van der Waals surface area contributed by atoms with Crippen molar-refractivity contribution in [1.29, 1.82) is 0 Å². The van der Waals surface area contributed by atoms with Gasteiger partial charge in [0.25, 0.3) is 0 Å². The van der Waals surface area contributed by atoms with Crippen LogP contribution in [0.25, 0.3) is 0 Å². The molecular weight excluding hydrogens is 316 g/mol. The Bertz CT molecular complexity index is 505. The van der Waals surface area contributed by atoms with Crippen LogP contribution in [0.5, 0.6) is 5.75 Å². The first-order valence-corrected chi connectivity index (χ1v) is 8.31. The topological polar surface area (TPSA) is 56.2 Å². The fourth-order valence-electron chi connectivity index (χ4n) is 2.73. The number of ether oxygens (including phenoxy) is 1. The van der Waals surface area contributed by atoms with Gasteiger partial charge in [-0.3, -0.25) is 4.90 Å². The second-order valence-electron chi connectivity index (χ2n) is 5.65. The summed E-state index contributed by atoms with van der Waals surface area (Å²) in [6, 6.07) is 5.61. The van der Waals surface area contributed by atoms with E-state index in [0.29, 0.717) is 23.7 Å². The lowest BCUT2D eigenvalue weighted by Crippen LogP contribution is -2.48. The van der Waals surface area contributed by atoms with E-state index in [4.69, 9.17) is 21.4 Å². The van der Waals surface area contributed by atoms with Gasteiger partial charge in [0.2, 0.25) is 0 Å². The van der Waals surface area contributed by atoms with Crippen molar-refractivity contribution in [1.82, 2.24) is 4.90 Å². The highest BCUT2D eigenvalue weighted by Gasteiger charge is 2.20. The number of anilines is 1. The van der Waals surface area contributed by atoms with Crippen LogP contribution in [0.1, 0.15) is 6.42 Å². The predicted octanol–water partition coefficient (Wildman–Crippen LogP) is 1.77. The SMILES string of the molecule is C=CCC(O)CN1CCN(c2ccc(OCCO)cc2Cl)CC1. The van der Waals surface area contributed by atoms with Crippen LogP contribution in [-0.2, 0) is 0 Å². The third-order valence-electron chi connectivity index (χ3n) is 3.90. The fraction of sp³-hybridized carbons (Fsp3) is 0.529. The van der Waals surface area contributed by atoms with E-state index in [1.54, 1.807) is 12.1 Å². The third-order valence-corrected chi connectivity index (χ3v) is 4.20. The second kappa shape index (κ2) is 9.13. The van der Waals surface area contributed by atoms with Crippen LogP contribution < -0.4 is 9.64 Å². The van der Waals surface area contributed by atoms with Gasteiger partial charge in [-0.25, -0.2) is 0 Å². The molecule has 0 amide bonds. The number of aliphatic hydroxyl groups is 2. The highest BCUT2D eigenvalue weighted by molar-refractivity contribution is 6.33. The van der Waals surface area contributed by atoms with Crippen molar-refractivity contribution in [3.63, 3.8) is 0 Å². The lowest BCUT2D eigenvalue weighted by molar-refractivity contribution is 0.111. The van der Waals surface area contributed by atoms with Gasteiger partial charge < -0.3 is 19.8 Å². The summed E-state index contributed by atoms with van der Waals surface area (Å²) in [5.74, 6) is 0.666. The molecule has 0 bridgehead atoms. The normalized spacial score (nSPS) is 17.1. The standard InChI is InChI=1S/C17H25ClN2O3/c1-2-3-14(22)13-19-6-8-20(9-7-19)17-5-4-15(12-16(17)18)23-11-10-21/h2,4-5,12,14,21-22H,1,3,6-11,13H2. The number of hydrogen-bond donors (Lipinski definition) is 2. The highest BCUT2D eigenvalue weighted by Crippen LogP contribution is 2.30. The van der Waals surface area contributed by atoms with E-state index < -0.39 is 0 Å². The average molecular weight is 341 g/mol. The Kier molecular flexibility index (Phi) is 7.17. The molecule has 0 saturated carbocycles. The number of β-amino-alcohol motifs (C(OH)–C–C–N with tert-alkyl or cyclic N) is 1. The summed E-state index contributed by atoms with van der Waals surface area (Å²) in [6.07, 6.45) is 2.04. The van der Waals surface area contributed by atoms with Crippen LogP contribution >= 0.6 is 11.6 Å². The van der Waals surface area contributed by atoms with E-state index in [1.807, 2.05) is 12.1 Å². The van der Waals surface area contributed by atoms with Crippen molar-refractivity contribution < 1.29 is 14.9 Å². The first-order chi connectivity index (χ1) is 11.1. The number of halogens is 1. The highest BCUT2D eigenvalue weighted by atomic mass is 35.5. The van der Waals surface area contributed by atoms with E-state index in [-0.39, 0.29) is 19.3 Å². The van der Waals surface area contributed by atoms with Gasteiger partial charge in [-0.1, -0.05) is 17.7 Å². The van der Waals surface area contributed by atoms with E-state index in [2.05, 4.69) is 16.4 Å². The molecule has 6 heteroatoms. The van der Waals surface area contributed by atoms with E-state index in [9.17, 15) is 5.11 Å². The molecule has 1 atom stereocenters. The molecule has 1 aromatic rings. The van der Waals surface area contributed by atoms with Crippen molar-refractivity contribution in [2.75, 3.05) is 50.8 Å². The van der Waals surface area contributed by atoms with E-state index in [0.717, 1.165) is 31.9 Å². The van der Waals surface area contributed by atoms with Crippen LogP contribution in [0.4, 0.5) is 5.69 Å². The Balaban J connectivity index is 1.88. The van der Waals surface area contributed by atoms with Gasteiger partial charge in [0, 0.05) is 38.8 Å². The van der Waals surface area contributed by atoms with Gasteiger partial charge in [-0.2, -0.15) is 0 Å². The maximum atomic E-state index is 9.85. The lowest BCUT2D eigenvalue weighted by atomic mass is 10.2. The van der Waals surface area contributed by atoms with Crippen molar-refractivity contribution >= 4 is 17.3 Å². The maximum absolute atomic E-state index is 9.85. The number of piperazine rings is 1. The predicted molar refractivity (Wildman–Crippen MR) is 93.5 cm³/mol. The Hall–Kier alpha value is -1.27. The molecule has 2 rings (SSSR count). The first kappa shape index (κ1) is 18.1.